The highest BCUT2D eigenvalue weighted by Crippen LogP contribution is 2.52. The van der Waals surface area contributed by atoms with Gasteiger partial charge in [-0.25, -0.2) is 0 Å². The molecule has 0 saturated carbocycles. The van der Waals surface area contributed by atoms with E-state index in [-0.39, 0.29) is 12.0 Å². The summed E-state index contributed by atoms with van der Waals surface area (Å²) in [5.41, 5.74) is 1.63. The summed E-state index contributed by atoms with van der Waals surface area (Å²) in [5, 5.41) is 3.54. The summed E-state index contributed by atoms with van der Waals surface area (Å²) in [6.07, 6.45) is 2.31. The fraction of sp³-hybridized carbons (Fsp3) is 0.318. The van der Waals surface area contributed by atoms with E-state index in [0.717, 1.165) is 16.8 Å². The van der Waals surface area contributed by atoms with Gasteiger partial charge >= 0.3 is 5.97 Å². The number of esters is 1. The molecule has 0 radical (unpaired) electrons. The maximum absolute atomic E-state index is 13.4. The Hall–Kier alpha value is -2.55. The molecule has 0 fully saturated rings. The fourth-order valence-corrected chi connectivity index (χ4v) is 3.58. The van der Waals surface area contributed by atoms with Gasteiger partial charge in [0.15, 0.2) is 0 Å². The van der Waals surface area contributed by atoms with Crippen molar-refractivity contribution in [1.29, 1.82) is 0 Å². The SMILES string of the molecule is C=CC[C@@]1(C(=O)OC(C)(C)C)c2ccccc2N[C@@H]1c1ccccc1. The van der Waals surface area contributed by atoms with Crippen LogP contribution >= 0.6 is 0 Å². The van der Waals surface area contributed by atoms with E-state index in [1.807, 2.05) is 81.4 Å². The number of carbonyl (C=O) groups is 1. The number of benzene rings is 2. The van der Waals surface area contributed by atoms with Crippen molar-refractivity contribution in [3.63, 3.8) is 0 Å². The monoisotopic (exact) mass is 335 g/mol. The van der Waals surface area contributed by atoms with Crippen LogP contribution in [0.4, 0.5) is 5.69 Å². The molecule has 0 amide bonds. The lowest BCUT2D eigenvalue weighted by Crippen LogP contribution is -2.44. The van der Waals surface area contributed by atoms with Gasteiger partial charge in [0.05, 0.1) is 6.04 Å². The van der Waals surface area contributed by atoms with E-state index in [9.17, 15) is 4.79 Å². The summed E-state index contributed by atoms with van der Waals surface area (Å²) in [6.45, 7) is 9.62. The van der Waals surface area contributed by atoms with Gasteiger partial charge in [-0.05, 0) is 44.4 Å². The third-order valence-corrected chi connectivity index (χ3v) is 4.56. The lowest BCUT2D eigenvalue weighted by molar-refractivity contribution is -0.162. The molecule has 3 heteroatoms. The van der Waals surface area contributed by atoms with Crippen molar-refractivity contribution < 1.29 is 9.53 Å². The van der Waals surface area contributed by atoms with Crippen molar-refractivity contribution >= 4 is 11.7 Å². The van der Waals surface area contributed by atoms with Crippen molar-refractivity contribution in [3.05, 3.63) is 78.4 Å². The maximum Gasteiger partial charge on any atom is 0.319 e. The van der Waals surface area contributed by atoms with Gasteiger partial charge < -0.3 is 10.1 Å². The highest BCUT2D eigenvalue weighted by Gasteiger charge is 2.54. The number of anilines is 1. The number of fused-ring (bicyclic) bond motifs is 1. The number of carbonyl (C=O) groups excluding carboxylic acids is 1. The summed E-state index contributed by atoms with van der Waals surface area (Å²) in [6, 6.07) is 17.8. The van der Waals surface area contributed by atoms with E-state index in [2.05, 4.69) is 11.9 Å². The summed E-state index contributed by atoms with van der Waals surface area (Å²) in [4.78, 5) is 13.4. The van der Waals surface area contributed by atoms with Gasteiger partial charge in [-0.3, -0.25) is 4.79 Å². The first-order valence-corrected chi connectivity index (χ1v) is 8.64. The molecule has 130 valence electrons. The van der Waals surface area contributed by atoms with Gasteiger partial charge in [0, 0.05) is 5.69 Å². The normalized spacial score (nSPS) is 22.0. The van der Waals surface area contributed by atoms with E-state index in [4.69, 9.17) is 4.74 Å². The first-order valence-electron chi connectivity index (χ1n) is 8.64. The molecule has 3 rings (SSSR count). The number of ether oxygens (including phenoxy) is 1. The quantitative estimate of drug-likeness (QED) is 0.630. The number of rotatable bonds is 4. The average molecular weight is 335 g/mol. The molecule has 0 unspecified atom stereocenters. The first-order chi connectivity index (χ1) is 11.9. The standard InChI is InChI=1S/C22H25NO2/c1-5-15-22(20(24)25-21(2,3)4)17-13-9-10-14-18(17)23-19(22)16-11-7-6-8-12-16/h5-14,19,23H,1,15H2,2-4H3/t19-,22-/m1/s1. The van der Waals surface area contributed by atoms with Crippen LogP contribution < -0.4 is 5.32 Å². The highest BCUT2D eigenvalue weighted by molar-refractivity contribution is 5.91. The van der Waals surface area contributed by atoms with E-state index in [1.165, 1.54) is 0 Å². The van der Waals surface area contributed by atoms with Gasteiger partial charge in [-0.15, -0.1) is 6.58 Å². The maximum atomic E-state index is 13.4. The van der Waals surface area contributed by atoms with Gasteiger partial charge in [0.1, 0.15) is 11.0 Å². The minimum Gasteiger partial charge on any atom is -0.459 e. The Labute approximate surface area is 149 Å². The third kappa shape index (κ3) is 3.07. The zero-order valence-corrected chi connectivity index (χ0v) is 15.1. The molecular weight excluding hydrogens is 310 g/mol. The van der Waals surface area contributed by atoms with Crippen LogP contribution in [-0.2, 0) is 14.9 Å². The van der Waals surface area contributed by atoms with Gasteiger partial charge in [0.2, 0.25) is 0 Å². The minimum atomic E-state index is -0.826. The van der Waals surface area contributed by atoms with Crippen molar-refractivity contribution in [1.82, 2.24) is 0 Å². The van der Waals surface area contributed by atoms with E-state index in [0.29, 0.717) is 6.42 Å². The Morgan fingerprint density at radius 3 is 2.44 bits per heavy atom. The Balaban J connectivity index is 2.18. The average Bonchev–Trinajstić information content (AvgIpc) is 2.90. The minimum absolute atomic E-state index is 0.195. The first kappa shape index (κ1) is 17.3. The van der Waals surface area contributed by atoms with Crippen LogP contribution in [0.2, 0.25) is 0 Å². The predicted molar refractivity (Wildman–Crippen MR) is 102 cm³/mol. The summed E-state index contributed by atoms with van der Waals surface area (Å²) in [7, 11) is 0. The smallest absolute Gasteiger partial charge is 0.319 e. The van der Waals surface area contributed by atoms with Crippen LogP contribution in [0.5, 0.6) is 0 Å². The molecule has 1 N–H and O–H groups in total. The third-order valence-electron chi connectivity index (χ3n) is 4.56. The van der Waals surface area contributed by atoms with Crippen molar-refractivity contribution in [2.24, 2.45) is 0 Å². The van der Waals surface area contributed by atoms with Crippen LogP contribution in [0, 0.1) is 0 Å². The van der Waals surface area contributed by atoms with Crippen LogP contribution in [0.3, 0.4) is 0 Å². The van der Waals surface area contributed by atoms with E-state index in [1.54, 1.807) is 0 Å². The molecule has 0 aromatic heterocycles. The number of hydrogen-bond donors (Lipinski definition) is 1. The second kappa shape index (κ2) is 6.40. The van der Waals surface area contributed by atoms with E-state index >= 15 is 0 Å². The molecule has 0 aliphatic carbocycles. The molecule has 1 aliphatic heterocycles. The number of allylic oxidation sites excluding steroid dienone is 1. The largest absolute Gasteiger partial charge is 0.459 e. The summed E-state index contributed by atoms with van der Waals surface area (Å²) >= 11 is 0. The number of hydrogen-bond acceptors (Lipinski definition) is 3. The lowest BCUT2D eigenvalue weighted by Gasteiger charge is -2.35. The molecule has 2 atom stereocenters. The van der Waals surface area contributed by atoms with Crippen molar-refractivity contribution in [2.75, 3.05) is 5.32 Å². The Morgan fingerprint density at radius 1 is 1.16 bits per heavy atom. The zero-order chi connectivity index (χ0) is 18.1. The molecule has 25 heavy (non-hydrogen) atoms. The molecule has 0 bridgehead atoms. The predicted octanol–water partition coefficient (Wildman–Crippen LogP) is 5.01. The molecule has 2 aromatic rings. The van der Waals surface area contributed by atoms with Gasteiger partial charge in [-0.1, -0.05) is 54.6 Å². The van der Waals surface area contributed by atoms with Crippen LogP contribution in [0.15, 0.2) is 67.3 Å². The molecule has 0 saturated heterocycles. The van der Waals surface area contributed by atoms with E-state index < -0.39 is 11.0 Å². The van der Waals surface area contributed by atoms with Crippen LogP contribution in [-0.4, -0.2) is 11.6 Å². The van der Waals surface area contributed by atoms with Crippen LogP contribution in [0.1, 0.15) is 44.4 Å². The van der Waals surface area contributed by atoms with Crippen molar-refractivity contribution in [2.45, 2.75) is 44.2 Å². The zero-order valence-electron chi connectivity index (χ0n) is 15.1. The van der Waals surface area contributed by atoms with Crippen LogP contribution in [0.25, 0.3) is 0 Å². The second-order valence-corrected chi connectivity index (χ2v) is 7.50. The molecule has 1 heterocycles. The highest BCUT2D eigenvalue weighted by atomic mass is 16.6. The summed E-state index contributed by atoms with van der Waals surface area (Å²) < 4.78 is 5.86. The molecule has 3 nitrogen and oxygen atoms in total. The molecule has 2 aromatic carbocycles. The second-order valence-electron chi connectivity index (χ2n) is 7.50. The number of nitrogens with one attached hydrogen (secondary N) is 1. The lowest BCUT2D eigenvalue weighted by atomic mass is 9.71. The fourth-order valence-electron chi connectivity index (χ4n) is 3.58. The molecular formula is C22H25NO2. The molecule has 0 spiro atoms. The van der Waals surface area contributed by atoms with Gasteiger partial charge in [-0.2, -0.15) is 0 Å². The number of para-hydroxylation sites is 1. The summed E-state index contributed by atoms with van der Waals surface area (Å²) in [5.74, 6) is -0.216. The molecule has 1 aliphatic rings. The topological polar surface area (TPSA) is 38.3 Å². The Kier molecular flexibility index (Phi) is 4.42. The van der Waals surface area contributed by atoms with Crippen molar-refractivity contribution in [3.8, 4) is 0 Å². The van der Waals surface area contributed by atoms with Gasteiger partial charge in [0.25, 0.3) is 0 Å². The Bertz CT molecular complexity index is 776. The Morgan fingerprint density at radius 2 is 1.80 bits per heavy atom.